The molecule has 1 saturated heterocycles. The summed E-state index contributed by atoms with van der Waals surface area (Å²) < 4.78 is 8.28. The SMILES string of the molecule is CCOc1ccc(N2C(=O)/C(=C/c3c(C)n(Cc4ccccc4Cl)c4ccccc34)SC2=S)cc1. The highest BCUT2D eigenvalue weighted by Gasteiger charge is 2.33. The lowest BCUT2D eigenvalue weighted by Crippen LogP contribution is -2.27. The van der Waals surface area contributed by atoms with Crippen molar-refractivity contribution in [3.05, 3.63) is 99.5 Å². The van der Waals surface area contributed by atoms with Crippen LogP contribution in [-0.4, -0.2) is 21.4 Å². The monoisotopic (exact) mass is 518 g/mol. The van der Waals surface area contributed by atoms with Gasteiger partial charge in [-0.25, -0.2) is 0 Å². The summed E-state index contributed by atoms with van der Waals surface area (Å²) in [5.74, 6) is 0.644. The Hall–Kier alpha value is -3.06. The number of hydrogen-bond donors (Lipinski definition) is 0. The Labute approximate surface area is 219 Å². The van der Waals surface area contributed by atoms with Crippen LogP contribution in [0.15, 0.2) is 77.7 Å². The number of aromatic nitrogens is 1. The molecule has 0 atom stereocenters. The number of anilines is 1. The molecule has 3 aromatic carbocycles. The van der Waals surface area contributed by atoms with Crippen molar-refractivity contribution in [3.63, 3.8) is 0 Å². The Morgan fingerprint density at radius 2 is 1.74 bits per heavy atom. The van der Waals surface area contributed by atoms with E-state index in [0.29, 0.717) is 22.4 Å². The number of hydrogen-bond acceptors (Lipinski definition) is 4. The average molecular weight is 519 g/mol. The van der Waals surface area contributed by atoms with Crippen LogP contribution in [0.4, 0.5) is 5.69 Å². The highest BCUT2D eigenvalue weighted by molar-refractivity contribution is 8.27. The molecule has 35 heavy (non-hydrogen) atoms. The molecule has 1 fully saturated rings. The summed E-state index contributed by atoms with van der Waals surface area (Å²) >= 11 is 13.4. The number of carbonyl (C=O) groups is 1. The molecule has 7 heteroatoms. The lowest BCUT2D eigenvalue weighted by Gasteiger charge is -2.15. The Balaban J connectivity index is 1.52. The number of halogens is 1. The van der Waals surface area contributed by atoms with Gasteiger partial charge < -0.3 is 9.30 Å². The maximum Gasteiger partial charge on any atom is 0.270 e. The first-order valence-electron chi connectivity index (χ1n) is 11.3. The molecule has 5 rings (SSSR count). The van der Waals surface area contributed by atoms with Crippen LogP contribution in [0.2, 0.25) is 5.02 Å². The summed E-state index contributed by atoms with van der Waals surface area (Å²) in [6.07, 6.45) is 1.97. The molecule has 0 unspecified atom stereocenters. The van der Waals surface area contributed by atoms with E-state index in [1.807, 2.05) is 73.7 Å². The highest BCUT2D eigenvalue weighted by atomic mass is 35.5. The quantitative estimate of drug-likeness (QED) is 0.196. The van der Waals surface area contributed by atoms with Gasteiger partial charge in [0.2, 0.25) is 0 Å². The summed E-state index contributed by atoms with van der Waals surface area (Å²) in [6.45, 7) is 5.25. The van der Waals surface area contributed by atoms with Crippen LogP contribution in [0.5, 0.6) is 5.75 Å². The minimum Gasteiger partial charge on any atom is -0.494 e. The topological polar surface area (TPSA) is 34.5 Å². The van der Waals surface area contributed by atoms with Gasteiger partial charge in [0.05, 0.1) is 17.2 Å². The molecule has 0 aliphatic carbocycles. The second-order valence-electron chi connectivity index (χ2n) is 8.14. The van der Waals surface area contributed by atoms with Gasteiger partial charge in [0.1, 0.15) is 5.75 Å². The van der Waals surface area contributed by atoms with Crippen LogP contribution in [0.3, 0.4) is 0 Å². The van der Waals surface area contributed by atoms with Gasteiger partial charge in [0.25, 0.3) is 5.91 Å². The van der Waals surface area contributed by atoms with Crippen LogP contribution in [0.25, 0.3) is 17.0 Å². The number of thiocarbonyl (C=S) groups is 1. The lowest BCUT2D eigenvalue weighted by molar-refractivity contribution is -0.113. The van der Waals surface area contributed by atoms with E-state index >= 15 is 0 Å². The van der Waals surface area contributed by atoms with E-state index in [2.05, 4.69) is 23.6 Å². The molecule has 0 radical (unpaired) electrons. The van der Waals surface area contributed by atoms with Crippen molar-refractivity contribution >= 4 is 68.5 Å². The second kappa shape index (κ2) is 9.90. The number of para-hydroxylation sites is 1. The molecule has 1 aliphatic heterocycles. The summed E-state index contributed by atoms with van der Waals surface area (Å²) in [5.41, 5.74) is 4.96. The van der Waals surface area contributed by atoms with Crippen molar-refractivity contribution in [3.8, 4) is 5.75 Å². The van der Waals surface area contributed by atoms with Gasteiger partial charge in [-0.15, -0.1) is 0 Å². The maximum absolute atomic E-state index is 13.4. The van der Waals surface area contributed by atoms with Gasteiger partial charge in [0.15, 0.2) is 4.32 Å². The standard InChI is InChI=1S/C28H23ClN2O2S2/c1-3-33-21-14-12-20(13-15-21)31-27(32)26(35-28(31)34)16-23-18(2)30(25-11-7-5-9-22(23)25)17-19-8-4-6-10-24(19)29/h4-16H,3,17H2,1-2H3/b26-16-. The van der Waals surface area contributed by atoms with Crippen LogP contribution < -0.4 is 9.64 Å². The first-order valence-corrected chi connectivity index (χ1v) is 12.9. The van der Waals surface area contributed by atoms with Crippen LogP contribution >= 0.6 is 35.6 Å². The molecule has 4 aromatic rings. The van der Waals surface area contributed by atoms with Crippen molar-refractivity contribution in [2.75, 3.05) is 11.5 Å². The zero-order valence-corrected chi connectivity index (χ0v) is 21.7. The number of thioether (sulfide) groups is 1. The van der Waals surface area contributed by atoms with E-state index < -0.39 is 0 Å². The number of benzene rings is 3. The molecule has 1 amide bonds. The molecule has 0 N–H and O–H groups in total. The molecule has 2 heterocycles. The fraction of sp³-hybridized carbons (Fsp3) is 0.143. The summed E-state index contributed by atoms with van der Waals surface area (Å²) in [4.78, 5) is 15.6. The summed E-state index contributed by atoms with van der Waals surface area (Å²) in [6, 6.07) is 23.5. The summed E-state index contributed by atoms with van der Waals surface area (Å²) in [7, 11) is 0. The van der Waals surface area contributed by atoms with E-state index in [1.165, 1.54) is 11.8 Å². The first kappa shape index (κ1) is 23.7. The fourth-order valence-corrected chi connectivity index (χ4v) is 5.80. The number of rotatable bonds is 6. The Morgan fingerprint density at radius 3 is 2.49 bits per heavy atom. The van der Waals surface area contributed by atoms with Gasteiger partial charge in [-0.05, 0) is 61.9 Å². The molecule has 1 aromatic heterocycles. The Kier molecular flexibility index (Phi) is 6.69. The molecule has 1 aliphatic rings. The van der Waals surface area contributed by atoms with Crippen LogP contribution in [0, 0.1) is 6.92 Å². The molecule has 176 valence electrons. The smallest absolute Gasteiger partial charge is 0.270 e. The maximum atomic E-state index is 13.4. The van der Waals surface area contributed by atoms with Crippen molar-refractivity contribution in [1.82, 2.24) is 4.57 Å². The third kappa shape index (κ3) is 4.49. The van der Waals surface area contributed by atoms with Crippen molar-refractivity contribution in [2.24, 2.45) is 0 Å². The third-order valence-electron chi connectivity index (χ3n) is 6.04. The number of nitrogens with zero attached hydrogens (tertiary/aromatic N) is 2. The van der Waals surface area contributed by atoms with Crippen LogP contribution in [0.1, 0.15) is 23.7 Å². The second-order valence-corrected chi connectivity index (χ2v) is 10.2. The minimum atomic E-state index is -0.119. The molecule has 4 nitrogen and oxygen atoms in total. The van der Waals surface area contributed by atoms with Gasteiger partial charge in [0, 0.05) is 33.7 Å². The molecule has 0 spiro atoms. The van der Waals surface area contributed by atoms with Gasteiger partial charge in [-0.2, -0.15) is 0 Å². The van der Waals surface area contributed by atoms with E-state index in [-0.39, 0.29) is 5.91 Å². The van der Waals surface area contributed by atoms with Gasteiger partial charge in [-0.3, -0.25) is 9.69 Å². The molecule has 0 saturated carbocycles. The minimum absolute atomic E-state index is 0.119. The summed E-state index contributed by atoms with van der Waals surface area (Å²) in [5, 5.41) is 1.82. The van der Waals surface area contributed by atoms with Gasteiger partial charge >= 0.3 is 0 Å². The van der Waals surface area contributed by atoms with Crippen molar-refractivity contribution in [1.29, 1.82) is 0 Å². The molecular weight excluding hydrogens is 496 g/mol. The van der Waals surface area contributed by atoms with Crippen LogP contribution in [-0.2, 0) is 11.3 Å². The Bertz CT molecular complexity index is 1470. The average Bonchev–Trinajstić information content (AvgIpc) is 3.29. The first-order chi connectivity index (χ1) is 17.0. The molecular formula is C28H23ClN2O2S2. The van der Waals surface area contributed by atoms with Crippen molar-refractivity contribution < 1.29 is 9.53 Å². The largest absolute Gasteiger partial charge is 0.494 e. The van der Waals surface area contributed by atoms with Gasteiger partial charge in [-0.1, -0.05) is 72.0 Å². The highest BCUT2D eigenvalue weighted by Crippen LogP contribution is 2.38. The van der Waals surface area contributed by atoms with E-state index in [4.69, 9.17) is 28.6 Å². The molecule has 0 bridgehead atoms. The third-order valence-corrected chi connectivity index (χ3v) is 7.71. The van der Waals surface area contributed by atoms with E-state index in [0.717, 1.165) is 44.2 Å². The predicted octanol–water partition coefficient (Wildman–Crippen LogP) is 7.46. The lowest BCUT2D eigenvalue weighted by atomic mass is 10.1. The van der Waals surface area contributed by atoms with E-state index in [9.17, 15) is 4.79 Å². The normalized spacial score (nSPS) is 14.9. The van der Waals surface area contributed by atoms with E-state index in [1.54, 1.807) is 4.90 Å². The van der Waals surface area contributed by atoms with Crippen molar-refractivity contribution in [2.45, 2.75) is 20.4 Å². The zero-order valence-electron chi connectivity index (χ0n) is 19.3. The number of amides is 1. The number of carbonyl (C=O) groups excluding carboxylic acids is 1. The Morgan fingerprint density at radius 1 is 1.03 bits per heavy atom. The zero-order chi connectivity index (χ0) is 24.5. The predicted molar refractivity (Wildman–Crippen MR) is 150 cm³/mol. The number of fused-ring (bicyclic) bond motifs is 1. The number of ether oxygens (including phenoxy) is 1. The fourth-order valence-electron chi connectivity index (χ4n) is 4.32.